The second kappa shape index (κ2) is 4.40. The van der Waals surface area contributed by atoms with Gasteiger partial charge in [0.25, 0.3) is 0 Å². The molecular weight excluding hydrogens is 152 g/mol. The maximum Gasteiger partial charge on any atom is 0.151 e. The molecule has 0 aliphatic rings. The Hall–Kier alpha value is -0.490. The van der Waals surface area contributed by atoms with Gasteiger partial charge < -0.3 is 25.2 Å². The molecule has 0 saturated heterocycles. The Bertz CT molecular complexity index is 174. The number of hydrogen-bond donors (Lipinski definition) is 4. The molecule has 4 atom stereocenters. The van der Waals surface area contributed by atoms with Gasteiger partial charge >= 0.3 is 0 Å². The van der Waals surface area contributed by atoms with Crippen molar-refractivity contribution >= 4 is 6.29 Å². The van der Waals surface area contributed by atoms with E-state index in [1.54, 1.807) is 0 Å². The van der Waals surface area contributed by atoms with Crippen LogP contribution in [0, 0.1) is 0 Å². The molecule has 0 saturated carbocycles. The van der Waals surface area contributed by atoms with Crippen molar-refractivity contribution in [1.29, 1.82) is 0 Å². The second-order valence-electron chi connectivity index (χ2n) is 2.05. The van der Waals surface area contributed by atoms with Crippen molar-refractivity contribution in [1.82, 2.24) is 0 Å². The zero-order valence-electron chi connectivity index (χ0n) is 7.71. The molecule has 0 aromatic carbocycles. The van der Waals surface area contributed by atoms with Crippen LogP contribution in [0.5, 0.6) is 0 Å². The summed E-state index contributed by atoms with van der Waals surface area (Å²) in [6, 6.07) is 0. The molecule has 5 nitrogen and oxygen atoms in total. The average molecular weight is 168 g/mol. The maximum atomic E-state index is 9.96. The third-order valence-electron chi connectivity index (χ3n) is 1.15. The number of carbonyl (C=O) groups is 1. The predicted molar refractivity (Wildman–Crippen MR) is 35.8 cm³/mol. The molecule has 4 N–H and O–H groups in total. The zero-order chi connectivity index (χ0) is 10.6. The number of rotatable bonds is 4. The molecular formula is C6H12O5. The monoisotopic (exact) mass is 168 g/mol. The topological polar surface area (TPSA) is 98.0 Å². The van der Waals surface area contributed by atoms with Gasteiger partial charge in [0.05, 0.1) is 7.45 Å². The SMILES string of the molecule is [3H]CC([3H])(O)[C@@H](O)[C@@H](O)[C@H](O)C=O. The van der Waals surface area contributed by atoms with E-state index in [4.69, 9.17) is 23.2 Å². The van der Waals surface area contributed by atoms with E-state index in [0.29, 0.717) is 0 Å². The summed E-state index contributed by atoms with van der Waals surface area (Å²) < 4.78 is 13.6. The lowest BCUT2D eigenvalue weighted by Gasteiger charge is -2.21. The van der Waals surface area contributed by atoms with Gasteiger partial charge in [-0.3, -0.25) is 0 Å². The van der Waals surface area contributed by atoms with E-state index >= 15 is 0 Å². The van der Waals surface area contributed by atoms with Crippen LogP contribution in [0.15, 0.2) is 0 Å². The quantitative estimate of drug-likeness (QED) is 0.352. The minimum absolute atomic E-state index is 0.0338. The number of aliphatic hydroxyl groups is 4. The van der Waals surface area contributed by atoms with Gasteiger partial charge in [-0.1, -0.05) is 0 Å². The lowest BCUT2D eigenvalue weighted by Crippen LogP contribution is -2.43. The molecule has 11 heavy (non-hydrogen) atoms. The molecule has 0 aromatic heterocycles. The predicted octanol–water partition coefficient (Wildman–Crippen LogP) is -2.35. The van der Waals surface area contributed by atoms with E-state index in [0.717, 1.165) is 0 Å². The first-order valence-electron chi connectivity index (χ1n) is 4.08. The lowest BCUT2D eigenvalue weighted by atomic mass is 10.1. The van der Waals surface area contributed by atoms with Crippen LogP contribution >= 0.6 is 0 Å². The van der Waals surface area contributed by atoms with Crippen LogP contribution in [0.25, 0.3) is 0 Å². The standard InChI is InChI=1S/C6H12O5/c1-3(8)5(10)6(11)4(9)2-7/h2-6,8-11H,1H3/t3?,4-,5-,6+/m1/s1/i1T,3T. The number of aliphatic hydroxyl groups excluding tert-OH is 3. The summed E-state index contributed by atoms with van der Waals surface area (Å²) >= 11 is 0. The van der Waals surface area contributed by atoms with Crippen molar-refractivity contribution in [2.75, 3.05) is 0 Å². The summed E-state index contributed by atoms with van der Waals surface area (Å²) in [6.07, 6.45) is -8.54. The molecule has 0 aliphatic heterocycles. The van der Waals surface area contributed by atoms with Gasteiger partial charge in [-0.25, -0.2) is 0 Å². The molecule has 0 aromatic rings. The van der Waals surface area contributed by atoms with Crippen LogP contribution in [0.4, 0.5) is 0 Å². The fraction of sp³-hybridized carbons (Fsp3) is 0.833. The molecule has 66 valence electrons. The van der Waals surface area contributed by atoms with Crippen LogP contribution < -0.4 is 0 Å². The molecule has 0 amide bonds. The fourth-order valence-electron chi connectivity index (χ4n) is 0.464. The summed E-state index contributed by atoms with van der Waals surface area (Å²) in [5, 5.41) is 35.6. The number of aldehydes is 1. The Labute approximate surface area is 66.7 Å². The van der Waals surface area contributed by atoms with Crippen molar-refractivity contribution in [2.45, 2.75) is 31.3 Å². The number of hydrogen-bond acceptors (Lipinski definition) is 5. The summed E-state index contributed by atoms with van der Waals surface area (Å²) in [4.78, 5) is 9.96. The minimum Gasteiger partial charge on any atom is -0.391 e. The highest BCUT2D eigenvalue weighted by molar-refractivity contribution is 5.56. The zero-order valence-corrected chi connectivity index (χ0v) is 5.71. The van der Waals surface area contributed by atoms with Gasteiger partial charge in [0.15, 0.2) is 6.29 Å². The van der Waals surface area contributed by atoms with E-state index in [9.17, 15) is 4.79 Å². The third-order valence-corrected chi connectivity index (χ3v) is 1.15. The van der Waals surface area contributed by atoms with E-state index in [1.807, 2.05) is 0 Å². The van der Waals surface area contributed by atoms with Crippen molar-refractivity contribution in [3.8, 4) is 0 Å². The molecule has 0 fully saturated rings. The third kappa shape index (κ3) is 2.94. The van der Waals surface area contributed by atoms with Gasteiger partial charge in [-0.2, -0.15) is 0 Å². The second-order valence-corrected chi connectivity index (χ2v) is 2.05. The van der Waals surface area contributed by atoms with Crippen LogP contribution in [0.2, 0.25) is 0 Å². The summed E-state index contributed by atoms with van der Waals surface area (Å²) in [5.41, 5.74) is 0. The van der Waals surface area contributed by atoms with E-state index in [-0.39, 0.29) is 6.29 Å². The molecule has 0 spiro atoms. The minimum atomic E-state index is -2.59. The summed E-state index contributed by atoms with van der Waals surface area (Å²) in [6.45, 7) is -0.878. The van der Waals surface area contributed by atoms with Crippen LogP contribution in [0.1, 0.15) is 9.64 Å². The fourth-order valence-corrected chi connectivity index (χ4v) is 0.464. The molecule has 5 heteroatoms. The van der Waals surface area contributed by atoms with Gasteiger partial charge in [0, 0.05) is 1.37 Å². The normalized spacial score (nSPS) is 27.3. The highest BCUT2D eigenvalue weighted by atomic mass is 16.4. The summed E-state index contributed by atoms with van der Waals surface area (Å²) in [5.74, 6) is 0. The Morgan fingerprint density at radius 3 is 2.27 bits per heavy atom. The van der Waals surface area contributed by atoms with Crippen molar-refractivity contribution in [3.05, 3.63) is 0 Å². The molecule has 1 unspecified atom stereocenters. The van der Waals surface area contributed by atoms with E-state index in [2.05, 4.69) is 0 Å². The molecule has 0 aliphatic carbocycles. The lowest BCUT2D eigenvalue weighted by molar-refractivity contribution is -0.132. The van der Waals surface area contributed by atoms with Crippen LogP contribution in [-0.4, -0.2) is 51.1 Å². The first-order valence-corrected chi connectivity index (χ1v) is 2.88. The average Bonchev–Trinajstić information content (AvgIpc) is 2.14. The number of carbonyl (C=O) groups excluding carboxylic acids is 1. The molecule has 0 bridgehead atoms. The first kappa shape index (κ1) is 7.17. The van der Waals surface area contributed by atoms with Gasteiger partial charge in [0.2, 0.25) is 0 Å². The van der Waals surface area contributed by atoms with E-state index < -0.39 is 31.3 Å². The first-order chi connectivity index (χ1) is 5.86. The molecule has 0 heterocycles. The Balaban J connectivity index is 4.40. The maximum absolute atomic E-state index is 9.96. The Morgan fingerprint density at radius 2 is 1.91 bits per heavy atom. The molecule has 0 rings (SSSR count). The Kier molecular flexibility index (Phi) is 2.87. The summed E-state index contributed by atoms with van der Waals surface area (Å²) in [7, 11) is 0. The highest BCUT2D eigenvalue weighted by Crippen LogP contribution is 2.02. The van der Waals surface area contributed by atoms with E-state index in [1.165, 1.54) is 0 Å². The van der Waals surface area contributed by atoms with Crippen molar-refractivity contribution in [2.24, 2.45) is 0 Å². The largest absolute Gasteiger partial charge is 0.391 e. The van der Waals surface area contributed by atoms with Gasteiger partial charge in [-0.15, -0.1) is 0 Å². The smallest absolute Gasteiger partial charge is 0.151 e. The van der Waals surface area contributed by atoms with Crippen LogP contribution in [0.3, 0.4) is 0 Å². The van der Waals surface area contributed by atoms with Crippen molar-refractivity contribution in [3.63, 3.8) is 0 Å². The highest BCUT2D eigenvalue weighted by Gasteiger charge is 2.27. The molecule has 0 radical (unpaired) electrons. The van der Waals surface area contributed by atoms with Crippen molar-refractivity contribution < 1.29 is 28.0 Å². The Morgan fingerprint density at radius 1 is 1.36 bits per heavy atom. The van der Waals surface area contributed by atoms with Gasteiger partial charge in [0.1, 0.15) is 18.3 Å². The van der Waals surface area contributed by atoms with Gasteiger partial charge in [-0.05, 0) is 6.90 Å². The van der Waals surface area contributed by atoms with Crippen LogP contribution in [-0.2, 0) is 4.79 Å².